The van der Waals surface area contributed by atoms with Gasteiger partial charge >= 0.3 is 0 Å². The molecule has 1 aromatic heterocycles. The summed E-state index contributed by atoms with van der Waals surface area (Å²) in [7, 11) is -3.59. The Balaban J connectivity index is 1.41. The first-order chi connectivity index (χ1) is 14.5. The van der Waals surface area contributed by atoms with Gasteiger partial charge in [0.05, 0.1) is 11.2 Å². The van der Waals surface area contributed by atoms with Gasteiger partial charge in [-0.2, -0.15) is 4.31 Å². The standard InChI is InChI=1S/C23H26N2O4S/c1-2-24(17-18-6-4-3-5-7-18)23(26)19-10-13-25(14-11-19)30(27,28)21-8-9-22-20(16-21)12-15-29-22/h3-9,12,15-16,19H,2,10-11,13-14,17H2,1H3. The molecule has 30 heavy (non-hydrogen) atoms. The Labute approximate surface area is 177 Å². The maximum Gasteiger partial charge on any atom is 0.243 e. The van der Waals surface area contributed by atoms with E-state index in [0.717, 1.165) is 10.9 Å². The molecular formula is C23H26N2O4S. The summed E-state index contributed by atoms with van der Waals surface area (Å²) >= 11 is 0. The zero-order valence-electron chi connectivity index (χ0n) is 17.0. The highest BCUT2D eigenvalue weighted by molar-refractivity contribution is 7.89. The van der Waals surface area contributed by atoms with Crippen LogP contribution in [0.5, 0.6) is 0 Å². The Morgan fingerprint density at radius 2 is 1.83 bits per heavy atom. The van der Waals surface area contributed by atoms with E-state index in [1.807, 2.05) is 42.2 Å². The van der Waals surface area contributed by atoms with Gasteiger partial charge in [-0.25, -0.2) is 8.42 Å². The number of benzene rings is 2. The van der Waals surface area contributed by atoms with Crippen LogP contribution in [0.15, 0.2) is 70.2 Å². The van der Waals surface area contributed by atoms with Gasteiger partial charge in [0.2, 0.25) is 15.9 Å². The fourth-order valence-corrected chi connectivity index (χ4v) is 5.51. The van der Waals surface area contributed by atoms with Gasteiger partial charge in [0.1, 0.15) is 5.58 Å². The number of piperidine rings is 1. The van der Waals surface area contributed by atoms with Gasteiger partial charge in [-0.05, 0) is 49.6 Å². The van der Waals surface area contributed by atoms with Crippen LogP contribution < -0.4 is 0 Å². The van der Waals surface area contributed by atoms with E-state index in [-0.39, 0.29) is 16.7 Å². The van der Waals surface area contributed by atoms with Gasteiger partial charge in [0, 0.05) is 37.5 Å². The molecule has 7 heteroatoms. The number of hydrogen-bond donors (Lipinski definition) is 0. The lowest BCUT2D eigenvalue weighted by Crippen LogP contribution is -2.44. The highest BCUT2D eigenvalue weighted by Gasteiger charge is 2.33. The minimum Gasteiger partial charge on any atom is -0.464 e. The SMILES string of the molecule is CCN(Cc1ccccc1)C(=O)C1CCN(S(=O)(=O)c2ccc3occc3c2)CC1. The predicted molar refractivity (Wildman–Crippen MR) is 115 cm³/mol. The van der Waals surface area contributed by atoms with E-state index in [0.29, 0.717) is 44.6 Å². The summed E-state index contributed by atoms with van der Waals surface area (Å²) in [5, 5.41) is 0.764. The Hall–Kier alpha value is -2.64. The molecule has 1 amide bonds. The Morgan fingerprint density at radius 1 is 1.10 bits per heavy atom. The van der Waals surface area contributed by atoms with Crippen molar-refractivity contribution in [3.8, 4) is 0 Å². The summed E-state index contributed by atoms with van der Waals surface area (Å²) in [5.74, 6) is -0.0327. The van der Waals surface area contributed by atoms with Crippen molar-refractivity contribution in [3.05, 3.63) is 66.4 Å². The number of nitrogens with zero attached hydrogens (tertiary/aromatic N) is 2. The third-order valence-electron chi connectivity index (χ3n) is 5.77. The lowest BCUT2D eigenvalue weighted by atomic mass is 9.96. The fraction of sp³-hybridized carbons (Fsp3) is 0.348. The van der Waals surface area contributed by atoms with Crippen molar-refractivity contribution in [1.82, 2.24) is 9.21 Å². The maximum atomic E-state index is 13.1. The number of fused-ring (bicyclic) bond motifs is 1. The number of amides is 1. The van der Waals surface area contributed by atoms with Crippen molar-refractivity contribution in [2.24, 2.45) is 5.92 Å². The Kier molecular flexibility index (Phi) is 5.92. The minimum atomic E-state index is -3.59. The van der Waals surface area contributed by atoms with Crippen LogP contribution in [-0.2, 0) is 21.4 Å². The number of furan rings is 1. The first-order valence-corrected chi connectivity index (χ1v) is 11.7. The van der Waals surface area contributed by atoms with Gasteiger partial charge in [-0.1, -0.05) is 30.3 Å². The van der Waals surface area contributed by atoms with E-state index in [9.17, 15) is 13.2 Å². The van der Waals surface area contributed by atoms with Crippen molar-refractivity contribution in [1.29, 1.82) is 0 Å². The molecule has 2 aromatic carbocycles. The second-order valence-corrected chi connectivity index (χ2v) is 9.57. The van der Waals surface area contributed by atoms with E-state index in [1.54, 1.807) is 30.5 Å². The average Bonchev–Trinajstić information content (AvgIpc) is 3.26. The normalized spacial score (nSPS) is 16.0. The zero-order chi connectivity index (χ0) is 21.1. The summed E-state index contributed by atoms with van der Waals surface area (Å²) in [4.78, 5) is 15.1. The van der Waals surface area contributed by atoms with Gasteiger partial charge in [-0.15, -0.1) is 0 Å². The molecule has 3 aromatic rings. The van der Waals surface area contributed by atoms with E-state index >= 15 is 0 Å². The van der Waals surface area contributed by atoms with Gasteiger partial charge < -0.3 is 9.32 Å². The first-order valence-electron chi connectivity index (χ1n) is 10.3. The molecule has 0 N–H and O–H groups in total. The molecule has 0 aliphatic carbocycles. The topological polar surface area (TPSA) is 70.8 Å². The summed E-state index contributed by atoms with van der Waals surface area (Å²) in [5.41, 5.74) is 1.76. The highest BCUT2D eigenvalue weighted by Crippen LogP contribution is 2.27. The van der Waals surface area contributed by atoms with Crippen LogP contribution in [0, 0.1) is 5.92 Å². The van der Waals surface area contributed by atoms with E-state index in [4.69, 9.17) is 4.42 Å². The largest absolute Gasteiger partial charge is 0.464 e. The molecule has 1 fully saturated rings. The van der Waals surface area contributed by atoms with Gasteiger partial charge in [0.25, 0.3) is 0 Å². The number of sulfonamides is 1. The number of carbonyl (C=O) groups is 1. The minimum absolute atomic E-state index is 0.109. The fourth-order valence-electron chi connectivity index (χ4n) is 4.00. The molecule has 1 aliphatic heterocycles. The lowest BCUT2D eigenvalue weighted by molar-refractivity contribution is -0.137. The van der Waals surface area contributed by atoms with Crippen LogP contribution in [0.1, 0.15) is 25.3 Å². The van der Waals surface area contributed by atoms with E-state index in [2.05, 4.69) is 0 Å². The van der Waals surface area contributed by atoms with Crippen LogP contribution in [0.4, 0.5) is 0 Å². The lowest BCUT2D eigenvalue weighted by Gasteiger charge is -2.33. The molecule has 2 heterocycles. The first kappa shape index (κ1) is 20.6. The molecule has 1 saturated heterocycles. The second-order valence-electron chi connectivity index (χ2n) is 7.64. The van der Waals surface area contributed by atoms with Crippen molar-refractivity contribution >= 4 is 26.9 Å². The Morgan fingerprint density at radius 3 is 2.53 bits per heavy atom. The zero-order valence-corrected chi connectivity index (χ0v) is 17.8. The predicted octanol–water partition coefficient (Wildman–Crippen LogP) is 3.88. The van der Waals surface area contributed by atoms with E-state index < -0.39 is 10.0 Å². The van der Waals surface area contributed by atoms with Crippen molar-refractivity contribution < 1.29 is 17.6 Å². The molecule has 158 valence electrons. The molecule has 0 bridgehead atoms. The number of rotatable bonds is 6. The third-order valence-corrected chi connectivity index (χ3v) is 7.67. The van der Waals surface area contributed by atoms with Gasteiger partial charge in [0.15, 0.2) is 0 Å². The molecule has 0 saturated carbocycles. The number of hydrogen-bond acceptors (Lipinski definition) is 4. The van der Waals surface area contributed by atoms with Crippen molar-refractivity contribution in [2.75, 3.05) is 19.6 Å². The van der Waals surface area contributed by atoms with Crippen LogP contribution in [-0.4, -0.2) is 43.2 Å². The number of carbonyl (C=O) groups excluding carboxylic acids is 1. The molecule has 0 unspecified atom stereocenters. The van der Waals surface area contributed by atoms with Gasteiger partial charge in [-0.3, -0.25) is 4.79 Å². The highest BCUT2D eigenvalue weighted by atomic mass is 32.2. The molecule has 1 aliphatic rings. The smallest absolute Gasteiger partial charge is 0.243 e. The second kappa shape index (κ2) is 8.62. The summed E-state index contributed by atoms with van der Waals surface area (Å²) in [6, 6.07) is 16.6. The Bertz CT molecular complexity index is 1120. The summed E-state index contributed by atoms with van der Waals surface area (Å²) in [6.07, 6.45) is 2.63. The van der Waals surface area contributed by atoms with Crippen LogP contribution in [0.25, 0.3) is 11.0 Å². The average molecular weight is 427 g/mol. The quantitative estimate of drug-likeness (QED) is 0.600. The van der Waals surface area contributed by atoms with Crippen molar-refractivity contribution in [2.45, 2.75) is 31.2 Å². The van der Waals surface area contributed by atoms with E-state index in [1.165, 1.54) is 4.31 Å². The van der Waals surface area contributed by atoms with Crippen LogP contribution >= 0.6 is 0 Å². The third kappa shape index (κ3) is 4.13. The molecule has 0 spiro atoms. The van der Waals surface area contributed by atoms with Crippen LogP contribution in [0.3, 0.4) is 0 Å². The van der Waals surface area contributed by atoms with Crippen LogP contribution in [0.2, 0.25) is 0 Å². The monoisotopic (exact) mass is 426 g/mol. The molecule has 6 nitrogen and oxygen atoms in total. The maximum absolute atomic E-state index is 13.1. The van der Waals surface area contributed by atoms with Crippen molar-refractivity contribution in [3.63, 3.8) is 0 Å². The molecular weight excluding hydrogens is 400 g/mol. The summed E-state index contributed by atoms with van der Waals surface area (Å²) in [6.45, 7) is 3.90. The molecule has 4 rings (SSSR count). The summed E-state index contributed by atoms with van der Waals surface area (Å²) < 4.78 is 32.9. The molecule has 0 atom stereocenters. The molecule has 0 radical (unpaired) electrons.